The predicted octanol–water partition coefficient (Wildman–Crippen LogP) is 6.44. The van der Waals surface area contributed by atoms with Crippen molar-refractivity contribution in [2.75, 3.05) is 6.61 Å². The molecule has 4 aliphatic heterocycles. The largest absolute Gasteiger partial charge is 0.693 e. The number of pyridine rings is 1. The zero-order valence-electron chi connectivity index (χ0n) is 44.8. The van der Waals surface area contributed by atoms with Crippen molar-refractivity contribution in [3.05, 3.63) is 51.2 Å². The topological polar surface area (TPSA) is 311 Å². The van der Waals surface area contributed by atoms with Gasteiger partial charge < -0.3 is 120 Å². The molecular weight excluding hydrogens is 1400 g/mol. The van der Waals surface area contributed by atoms with Gasteiger partial charge in [-0.25, -0.2) is 9.78 Å². The third kappa shape index (κ3) is 21.7. The second-order valence-electron chi connectivity index (χ2n) is 17.5. The molecule has 0 spiro atoms. The molecule has 26 nitrogen and oxygen atoms in total. The zero-order chi connectivity index (χ0) is 50.4. The fourth-order valence-electron chi connectivity index (χ4n) is 6.16. The molecule has 424 valence electrons. The van der Waals surface area contributed by atoms with Gasteiger partial charge in [-0.2, -0.15) is 0 Å². The van der Waals surface area contributed by atoms with Crippen LogP contribution in [0.25, 0.3) is 12.3 Å². The number of nitrogens with zero attached hydrogens (tertiary/aromatic N) is 1. The minimum Gasteiger partial charge on any atom is -0.693 e. The van der Waals surface area contributed by atoms with Gasteiger partial charge in [-0.1, -0.05) is 12.8 Å². The van der Waals surface area contributed by atoms with E-state index in [2.05, 4.69) is 4.98 Å². The molecular formula is C31H74IrN3O23Si15-4. The van der Waals surface area contributed by atoms with Gasteiger partial charge in [0.25, 0.3) is 0 Å². The van der Waals surface area contributed by atoms with E-state index in [0.717, 1.165) is 0 Å². The van der Waals surface area contributed by atoms with E-state index in [9.17, 15) is 9.90 Å². The molecule has 1 aromatic heterocycles. The summed E-state index contributed by atoms with van der Waals surface area (Å²) in [7, 11) is -48.6. The van der Waals surface area contributed by atoms with E-state index in [1.807, 2.05) is 92.4 Å². The number of hydrogen-bond acceptors (Lipinski definition) is 23. The van der Waals surface area contributed by atoms with Crippen LogP contribution in [-0.2, 0) is 103 Å². The molecule has 4 saturated heterocycles. The van der Waals surface area contributed by atoms with Crippen LogP contribution in [0.3, 0.4) is 0 Å². The number of aromatic nitrogens is 1. The van der Waals surface area contributed by atoms with Gasteiger partial charge in [0.15, 0.2) is 65.0 Å². The van der Waals surface area contributed by atoms with Crippen molar-refractivity contribution in [2.24, 2.45) is 0 Å². The number of unbranched alkanes of at least 4 members (excludes halogenated alkanes) is 2. The van der Waals surface area contributed by atoms with Gasteiger partial charge in [0.05, 0.1) is 6.61 Å². The maximum absolute atomic E-state index is 11.7. The molecule has 5 N–H and O–H groups in total. The van der Waals surface area contributed by atoms with Gasteiger partial charge in [0.2, 0.25) is 0 Å². The van der Waals surface area contributed by atoms with E-state index in [0.29, 0.717) is 25.3 Å². The monoisotopic (exact) mass is 1470 g/mol. The van der Waals surface area contributed by atoms with Crippen LogP contribution in [0.15, 0.2) is 18.3 Å². The molecule has 0 saturated carbocycles. The summed E-state index contributed by atoms with van der Waals surface area (Å²) in [5.41, 5.74) is -0.154. The number of rotatable bonds is 26. The van der Waals surface area contributed by atoms with E-state index in [-0.39, 0.29) is 71.4 Å². The Morgan fingerprint density at radius 2 is 1.12 bits per heavy atom. The molecule has 7 unspecified atom stereocenters. The quantitative estimate of drug-likeness (QED) is 0.0592. The Hall–Kier alpha value is 1.44. The maximum Gasteiger partial charge on any atom is 0.659 e. The van der Waals surface area contributed by atoms with Crippen LogP contribution in [0.2, 0.25) is 84.6 Å². The molecule has 0 aliphatic carbocycles. The maximum atomic E-state index is 11.7. The fraction of sp³-hybridized carbons (Fsp3) is 0.742. The van der Waals surface area contributed by atoms with E-state index in [4.69, 9.17) is 87.7 Å². The summed E-state index contributed by atoms with van der Waals surface area (Å²) in [6, 6.07) is 3.73. The predicted molar refractivity (Wildman–Crippen MR) is 287 cm³/mol. The van der Waals surface area contributed by atoms with Crippen molar-refractivity contribution in [2.45, 2.75) is 144 Å². The second-order valence-corrected chi connectivity index (χ2v) is 53.1. The number of carboxylic acids is 1. The molecule has 73 heavy (non-hydrogen) atoms. The zero-order valence-corrected chi connectivity index (χ0v) is 62.2. The van der Waals surface area contributed by atoms with Crippen LogP contribution in [0.1, 0.15) is 57.4 Å². The number of hydrogen-bond donors (Lipinski definition) is 1. The number of carboxylic acid groups (broad SMARTS) is 1. The number of aromatic carboxylic acids is 1. The normalized spacial score (nSPS) is 30.1. The van der Waals surface area contributed by atoms with Crippen LogP contribution >= 0.6 is 0 Å². The molecule has 0 amide bonds. The molecule has 4 fully saturated rings. The first kappa shape index (κ1) is 74.4. The van der Waals surface area contributed by atoms with Gasteiger partial charge in [0, 0.05) is 38.5 Å². The van der Waals surface area contributed by atoms with Gasteiger partial charge in [-0.05, 0) is 131 Å². The molecule has 5 rings (SSSR count). The minimum absolute atomic E-state index is 0. The average molecular weight is 1470 g/mol. The number of nitrogens with two attached hydrogens (primary N) is 2. The van der Waals surface area contributed by atoms with Gasteiger partial charge in [-0.3, -0.25) is 0 Å². The third-order valence-corrected chi connectivity index (χ3v) is 49.4. The molecule has 5 heterocycles. The van der Waals surface area contributed by atoms with Gasteiger partial charge >= 0.3 is 89.3 Å². The molecule has 42 heteroatoms. The Labute approximate surface area is 469 Å². The number of fused-ring (bicyclic) bond motifs is 4. The first-order chi connectivity index (χ1) is 31.6. The summed E-state index contributed by atoms with van der Waals surface area (Å²) in [5, 5.41) is 9.56. The minimum atomic E-state index is -5.12. The average Bonchev–Trinajstić information content (AvgIpc) is 3.11. The van der Waals surface area contributed by atoms with Crippen LogP contribution < -0.4 is 4.74 Å². The smallest absolute Gasteiger partial charge is 0.659 e. The van der Waals surface area contributed by atoms with Crippen LogP contribution in [0.5, 0.6) is 5.75 Å². The summed E-state index contributed by atoms with van der Waals surface area (Å²) < 4.78 is 144. The van der Waals surface area contributed by atoms with Crippen molar-refractivity contribution < 1.29 is 118 Å². The summed E-state index contributed by atoms with van der Waals surface area (Å²) in [6.07, 6.45) is 2.46. The van der Waals surface area contributed by atoms with Crippen LogP contribution in [-0.4, -0.2) is 172 Å². The van der Waals surface area contributed by atoms with Crippen molar-refractivity contribution in [1.82, 2.24) is 4.98 Å². The van der Waals surface area contributed by atoms with E-state index in [1.54, 1.807) is 26.0 Å². The first-order valence-corrected chi connectivity index (χ1v) is 50.0. The third-order valence-electron chi connectivity index (χ3n) is 8.11. The molecule has 10 radical (unpaired) electrons. The summed E-state index contributed by atoms with van der Waals surface area (Å²) in [6.45, 7) is 30.1. The number of ether oxygens (including phenoxy) is 1. The molecule has 1 aromatic rings. The van der Waals surface area contributed by atoms with Crippen LogP contribution in [0.4, 0.5) is 0 Å². The van der Waals surface area contributed by atoms with Crippen molar-refractivity contribution in [3.8, 4) is 5.75 Å². The standard InChI is InChI=1S/C29H64NO23Si15.2CH3.Ir.2H2N/c1-25(2)34-54-36-63(39-56(5)6)47-65(41-58(9)10)45-62(35-26(3)4)37-55-38-64(40-57(7)8)49-66(46-62,42-59(11)12)52-68(51-65,53-67(48-63,50-64)43-60(13)14)44-61(15,16)24-19-17-18-23-33-27-21-20-22-30-28(27)29(31)32;;;;;/h20-22,25-26H,17-19,23-24H2,1-16H3,(H,31,32);2*1H3;;2*1H2/q;2*-1;;2*-1. The first-order valence-electron chi connectivity index (χ1n) is 21.7. The Morgan fingerprint density at radius 1 is 0.671 bits per heavy atom. The number of carbonyl (C=O) groups is 1. The van der Waals surface area contributed by atoms with E-state index < -0.39 is 149 Å². The molecule has 4 aliphatic rings. The summed E-state index contributed by atoms with van der Waals surface area (Å²) >= 11 is 0. The molecule has 7 atom stereocenters. The van der Waals surface area contributed by atoms with Crippen LogP contribution in [0, 0.1) is 14.9 Å². The molecule has 6 bridgehead atoms. The SMILES string of the molecule is CC(C)O[Si]O[Si]1(O[Si](C)C)O[Si]2(O[Si](C)C)O[Si]3(OC(C)C)O[Si]O[Si]4(O[Si](C)C)O[Si](O[Si](C)C)(O3)O[Si](O[Si](C)(C)CCCCCOc3cccnc3C(=O)O)(O2)O[Si](O[Si](C)C)(O1)O4.[CH3-].[CH3-].[Ir].[NH2-].[NH2-]. The Balaban J connectivity index is 0.0000104. The van der Waals surface area contributed by atoms with Crippen molar-refractivity contribution in [1.29, 1.82) is 0 Å². The van der Waals surface area contributed by atoms with Gasteiger partial charge in [-0.15, -0.1) is 0 Å². The molecule has 0 aromatic carbocycles. The Bertz CT molecular complexity index is 1770. The second kappa shape index (κ2) is 31.0. The van der Waals surface area contributed by atoms with Crippen molar-refractivity contribution in [3.63, 3.8) is 0 Å². The summed E-state index contributed by atoms with van der Waals surface area (Å²) in [4.78, 5) is 15.6. The fourth-order valence-corrected chi connectivity index (χ4v) is 55.8. The van der Waals surface area contributed by atoms with Gasteiger partial charge in [0.1, 0.15) is 0 Å². The summed E-state index contributed by atoms with van der Waals surface area (Å²) in [5.74, 6) is -0.979. The van der Waals surface area contributed by atoms with E-state index in [1.165, 1.54) is 6.20 Å². The van der Waals surface area contributed by atoms with E-state index >= 15 is 0 Å². The Morgan fingerprint density at radius 3 is 1.59 bits per heavy atom. The van der Waals surface area contributed by atoms with Crippen molar-refractivity contribution >= 4 is 143 Å². The Kier molecular flexibility index (Phi) is 31.6.